The number of hydrogen-bond donors (Lipinski definition) is 2. The molecule has 4 rings (SSSR count). The number of carbonyl (C=O) groups excluding carboxylic acids is 1. The molecule has 2 N–H and O–H groups in total. The maximum Gasteiger partial charge on any atom is 0.228 e. The summed E-state index contributed by atoms with van der Waals surface area (Å²) in [6.07, 6.45) is 4.87. The average Bonchev–Trinajstić information content (AvgIpc) is 3.29. The van der Waals surface area contributed by atoms with Gasteiger partial charge >= 0.3 is 0 Å². The lowest BCUT2D eigenvalue weighted by Crippen LogP contribution is -2.27. The smallest absolute Gasteiger partial charge is 0.228 e. The lowest BCUT2D eigenvalue weighted by atomic mass is 10.1. The molecule has 0 aliphatic rings. The van der Waals surface area contributed by atoms with Gasteiger partial charge in [0.15, 0.2) is 11.6 Å². The van der Waals surface area contributed by atoms with E-state index in [1.165, 1.54) is 6.07 Å². The first-order valence-electron chi connectivity index (χ1n) is 12.5. The van der Waals surface area contributed by atoms with Crippen molar-refractivity contribution < 1.29 is 23.2 Å². The fourth-order valence-electron chi connectivity index (χ4n) is 4.02. The van der Waals surface area contributed by atoms with Crippen LogP contribution in [0, 0.1) is 12.7 Å². The van der Waals surface area contributed by atoms with Crippen molar-refractivity contribution in [2.45, 2.75) is 64.0 Å². The number of fused-ring (bicyclic) bond motifs is 1. The largest absolute Gasteiger partial charge is 0.453 e. The van der Waals surface area contributed by atoms with Crippen molar-refractivity contribution in [3.63, 3.8) is 0 Å². The minimum absolute atomic E-state index is 0.0205. The number of hydrogen-bond acceptors (Lipinski definition) is 6. The molecule has 0 radical (unpaired) electrons. The van der Waals surface area contributed by atoms with Crippen LogP contribution in [-0.2, 0) is 27.6 Å². The number of nitrogens with zero attached hydrogens (tertiary/aromatic N) is 3. The molecule has 0 saturated heterocycles. The fraction of sp³-hybridized carbons (Fsp3) is 0.345. The van der Waals surface area contributed by atoms with Crippen molar-refractivity contribution in [2.24, 2.45) is 0 Å². The molecule has 0 aliphatic carbocycles. The van der Waals surface area contributed by atoms with Crippen LogP contribution < -0.4 is 10.1 Å². The molecule has 2 aromatic carbocycles. The Balaban J connectivity index is 1.53. The van der Waals surface area contributed by atoms with Crippen LogP contribution in [0.15, 0.2) is 59.9 Å². The van der Waals surface area contributed by atoms with Gasteiger partial charge in [0.2, 0.25) is 5.91 Å². The van der Waals surface area contributed by atoms with Gasteiger partial charge in [0.25, 0.3) is 0 Å². The number of anilines is 1. The molecule has 10 heteroatoms. The van der Waals surface area contributed by atoms with Crippen molar-refractivity contribution >= 4 is 33.3 Å². The number of aliphatic hydroxyl groups is 1. The van der Waals surface area contributed by atoms with E-state index in [2.05, 4.69) is 15.4 Å². The van der Waals surface area contributed by atoms with E-state index in [9.17, 15) is 14.1 Å². The lowest BCUT2D eigenvalue weighted by Gasteiger charge is -2.18. The number of carbonyl (C=O) groups is 1. The van der Waals surface area contributed by atoms with Crippen LogP contribution in [0.4, 0.5) is 10.1 Å². The van der Waals surface area contributed by atoms with Crippen LogP contribution in [0.1, 0.15) is 45.7 Å². The number of amides is 1. The van der Waals surface area contributed by atoms with Crippen molar-refractivity contribution in [1.29, 1.82) is 0 Å². The molecule has 1 unspecified atom stereocenters. The minimum Gasteiger partial charge on any atom is -0.453 e. The van der Waals surface area contributed by atoms with E-state index in [-0.39, 0.29) is 29.4 Å². The first-order valence-corrected chi connectivity index (χ1v) is 13.8. The number of rotatable bonds is 8. The normalized spacial score (nSPS) is 12.9. The molecule has 4 aromatic rings. The molecule has 1 amide bonds. The number of pyridine rings is 1. The van der Waals surface area contributed by atoms with Crippen molar-refractivity contribution in [2.75, 3.05) is 11.1 Å². The molecule has 2 heterocycles. The van der Waals surface area contributed by atoms with Gasteiger partial charge in [-0.15, -0.1) is 0 Å². The number of aryl methyl sites for hydroxylation is 1. The molecule has 8 nitrogen and oxygen atoms in total. The highest BCUT2D eigenvalue weighted by molar-refractivity contribution is 7.85. The standard InChI is InChI=1S/C29H33FN4O4S/c1-18-11-19(13-26(35)33-20-15-32-34(16-20)28(2,3)4)12-23(30)27(18)38-25-9-10-31-24-8-7-21(14-22(24)25)39(37)17-29(5,6)36/h7-12,14-16,36H,13,17H2,1-6H3,(H,33,35). The van der Waals surface area contributed by atoms with E-state index in [0.717, 1.165) is 0 Å². The Bertz CT molecular complexity index is 1530. The van der Waals surface area contributed by atoms with Crippen LogP contribution in [0.5, 0.6) is 11.5 Å². The van der Waals surface area contributed by atoms with Crippen molar-refractivity contribution in [3.05, 3.63) is 71.9 Å². The summed E-state index contributed by atoms with van der Waals surface area (Å²) in [6, 6.07) is 9.71. The number of benzene rings is 2. The second-order valence-corrected chi connectivity index (χ2v) is 12.6. The van der Waals surface area contributed by atoms with Crippen molar-refractivity contribution in [3.8, 4) is 11.5 Å². The maximum atomic E-state index is 15.2. The Kier molecular flexibility index (Phi) is 7.90. The first kappa shape index (κ1) is 28.4. The Morgan fingerprint density at radius 1 is 1.15 bits per heavy atom. The van der Waals surface area contributed by atoms with E-state index in [4.69, 9.17) is 4.74 Å². The third kappa shape index (κ3) is 7.07. The van der Waals surface area contributed by atoms with E-state index < -0.39 is 22.2 Å². The SMILES string of the molecule is Cc1cc(CC(=O)Nc2cnn(C(C)(C)C)c2)cc(F)c1Oc1ccnc2ccc(S(=O)CC(C)(C)O)cc12. The van der Waals surface area contributed by atoms with E-state index >= 15 is 4.39 Å². The predicted molar refractivity (Wildman–Crippen MR) is 150 cm³/mol. The van der Waals surface area contributed by atoms with Gasteiger partial charge in [0.1, 0.15) is 5.75 Å². The highest BCUT2D eigenvalue weighted by Gasteiger charge is 2.20. The van der Waals surface area contributed by atoms with Crippen LogP contribution in [0.25, 0.3) is 10.9 Å². The molecule has 0 saturated carbocycles. The third-order valence-corrected chi connectivity index (χ3v) is 7.59. The number of nitrogens with one attached hydrogen (secondary N) is 1. The Morgan fingerprint density at radius 2 is 1.90 bits per heavy atom. The van der Waals surface area contributed by atoms with Crippen molar-refractivity contribution in [1.82, 2.24) is 14.8 Å². The number of ether oxygens (including phenoxy) is 1. The lowest BCUT2D eigenvalue weighted by molar-refractivity contribution is -0.115. The fourth-order valence-corrected chi connectivity index (χ4v) is 5.30. The summed E-state index contributed by atoms with van der Waals surface area (Å²) in [4.78, 5) is 17.4. The zero-order chi connectivity index (χ0) is 28.5. The van der Waals surface area contributed by atoms with Crippen LogP contribution >= 0.6 is 0 Å². The van der Waals surface area contributed by atoms with E-state index in [0.29, 0.717) is 38.4 Å². The number of halogens is 1. The van der Waals surface area contributed by atoms with Gasteiger partial charge < -0.3 is 15.2 Å². The van der Waals surface area contributed by atoms with Gasteiger partial charge in [-0.1, -0.05) is 6.07 Å². The molecule has 2 aromatic heterocycles. The molecule has 0 spiro atoms. The zero-order valence-corrected chi connectivity index (χ0v) is 23.7. The minimum atomic E-state index is -1.45. The second kappa shape index (κ2) is 10.9. The maximum absolute atomic E-state index is 15.2. The molecule has 0 aliphatic heterocycles. The quantitative estimate of drug-likeness (QED) is 0.300. The third-order valence-electron chi connectivity index (χ3n) is 5.84. The second-order valence-electron chi connectivity index (χ2n) is 11.2. The van der Waals surface area contributed by atoms with Gasteiger partial charge in [-0.2, -0.15) is 5.10 Å². The highest BCUT2D eigenvalue weighted by atomic mass is 32.2. The summed E-state index contributed by atoms with van der Waals surface area (Å²) in [5.41, 5.74) is 0.874. The molecular weight excluding hydrogens is 519 g/mol. The Hall–Kier alpha value is -3.63. The monoisotopic (exact) mass is 552 g/mol. The molecular formula is C29H33FN4O4S. The molecule has 1 atom stereocenters. The molecule has 39 heavy (non-hydrogen) atoms. The summed E-state index contributed by atoms with van der Waals surface area (Å²) >= 11 is 0. The van der Waals surface area contributed by atoms with Crippen LogP contribution in [0.3, 0.4) is 0 Å². The number of aromatic nitrogens is 3. The van der Waals surface area contributed by atoms with Gasteiger partial charge in [-0.05, 0) is 83.0 Å². The summed E-state index contributed by atoms with van der Waals surface area (Å²) in [5.74, 6) is -0.448. The molecule has 206 valence electrons. The van der Waals surface area contributed by atoms with Gasteiger partial charge in [0.05, 0.1) is 51.5 Å². The van der Waals surface area contributed by atoms with Gasteiger partial charge in [-0.25, -0.2) is 4.39 Å². The van der Waals surface area contributed by atoms with Crippen LogP contribution in [-0.4, -0.2) is 41.3 Å². The van der Waals surface area contributed by atoms with Gasteiger partial charge in [-0.3, -0.25) is 18.7 Å². The summed E-state index contributed by atoms with van der Waals surface area (Å²) in [6.45, 7) is 10.9. The van der Waals surface area contributed by atoms with E-state index in [1.807, 2.05) is 20.8 Å². The summed E-state index contributed by atoms with van der Waals surface area (Å²) < 4.78 is 35.8. The topological polar surface area (TPSA) is 106 Å². The molecule has 0 fully saturated rings. The molecule has 0 bridgehead atoms. The highest BCUT2D eigenvalue weighted by Crippen LogP contribution is 2.34. The summed E-state index contributed by atoms with van der Waals surface area (Å²) in [5, 5.41) is 17.7. The Labute approximate surface area is 229 Å². The predicted octanol–water partition coefficient (Wildman–Crippen LogP) is 5.49. The van der Waals surface area contributed by atoms with Crippen LogP contribution in [0.2, 0.25) is 0 Å². The summed E-state index contributed by atoms with van der Waals surface area (Å²) in [7, 11) is -1.45. The average molecular weight is 553 g/mol. The zero-order valence-electron chi connectivity index (χ0n) is 22.9. The van der Waals surface area contributed by atoms with E-state index in [1.54, 1.807) is 74.4 Å². The Morgan fingerprint density at radius 3 is 2.54 bits per heavy atom. The first-order chi connectivity index (χ1) is 18.2. The van der Waals surface area contributed by atoms with Gasteiger partial charge in [0, 0.05) is 22.7 Å².